The summed E-state index contributed by atoms with van der Waals surface area (Å²) in [5.74, 6) is 0. The summed E-state index contributed by atoms with van der Waals surface area (Å²) < 4.78 is 12.4. The largest absolute Gasteiger partial charge is 0.383 e. The Bertz CT molecular complexity index is 313. The summed E-state index contributed by atoms with van der Waals surface area (Å²) in [6, 6.07) is 0.102. The van der Waals surface area contributed by atoms with Crippen LogP contribution in [0, 0.1) is 0 Å². The summed E-state index contributed by atoms with van der Waals surface area (Å²) >= 11 is 0. The second kappa shape index (κ2) is 4.74. The molecule has 2 heterocycles. The zero-order valence-electron chi connectivity index (χ0n) is 8.93. The molecule has 5 heteroatoms. The molecule has 0 saturated carbocycles. The van der Waals surface area contributed by atoms with Crippen molar-refractivity contribution in [1.29, 1.82) is 0 Å². The van der Waals surface area contributed by atoms with Crippen molar-refractivity contribution in [1.82, 2.24) is 9.78 Å². The molecule has 1 aliphatic rings. The van der Waals surface area contributed by atoms with E-state index in [2.05, 4.69) is 5.10 Å². The van der Waals surface area contributed by atoms with Crippen LogP contribution in [0.1, 0.15) is 18.1 Å². The highest BCUT2D eigenvalue weighted by molar-refractivity contribution is 5.12. The fourth-order valence-corrected chi connectivity index (χ4v) is 1.78. The molecule has 1 fully saturated rings. The molecule has 0 aromatic carbocycles. The Morgan fingerprint density at radius 3 is 3.27 bits per heavy atom. The van der Waals surface area contributed by atoms with Gasteiger partial charge in [-0.25, -0.2) is 0 Å². The van der Waals surface area contributed by atoms with E-state index < -0.39 is 0 Å². The zero-order valence-corrected chi connectivity index (χ0v) is 8.93. The van der Waals surface area contributed by atoms with Crippen molar-refractivity contribution < 1.29 is 9.47 Å². The van der Waals surface area contributed by atoms with Crippen molar-refractivity contribution in [2.45, 2.75) is 25.1 Å². The summed E-state index contributed by atoms with van der Waals surface area (Å²) in [7, 11) is 1.68. The highest BCUT2D eigenvalue weighted by Gasteiger charge is 2.27. The minimum atomic E-state index is 0.0151. The van der Waals surface area contributed by atoms with Crippen LogP contribution in [0.15, 0.2) is 12.4 Å². The Kier molecular flexibility index (Phi) is 3.35. The molecule has 0 bridgehead atoms. The van der Waals surface area contributed by atoms with Gasteiger partial charge in [-0.15, -0.1) is 0 Å². The van der Waals surface area contributed by atoms with E-state index in [1.54, 1.807) is 7.11 Å². The number of hydrogen-bond acceptors (Lipinski definition) is 4. The van der Waals surface area contributed by atoms with Crippen LogP contribution in [0.25, 0.3) is 0 Å². The van der Waals surface area contributed by atoms with Gasteiger partial charge in [0.25, 0.3) is 0 Å². The van der Waals surface area contributed by atoms with E-state index in [9.17, 15) is 0 Å². The lowest BCUT2D eigenvalue weighted by atomic mass is 10.1. The van der Waals surface area contributed by atoms with Gasteiger partial charge in [0.05, 0.1) is 19.3 Å². The number of ether oxygens (including phenoxy) is 2. The van der Waals surface area contributed by atoms with Gasteiger partial charge in [-0.2, -0.15) is 5.10 Å². The molecule has 0 radical (unpaired) electrons. The van der Waals surface area contributed by atoms with Crippen LogP contribution in [0.3, 0.4) is 0 Å². The summed E-state index contributed by atoms with van der Waals surface area (Å²) in [4.78, 5) is 0. The van der Waals surface area contributed by atoms with Gasteiger partial charge in [0.1, 0.15) is 6.10 Å². The van der Waals surface area contributed by atoms with Gasteiger partial charge in [0.15, 0.2) is 0 Å². The third-order valence-electron chi connectivity index (χ3n) is 2.64. The average Bonchev–Trinajstić information content (AvgIpc) is 2.83. The molecule has 2 unspecified atom stereocenters. The van der Waals surface area contributed by atoms with E-state index in [4.69, 9.17) is 15.2 Å². The molecule has 0 aliphatic carbocycles. The normalized spacial score (nSPS) is 26.0. The van der Waals surface area contributed by atoms with Gasteiger partial charge in [-0.05, 0) is 6.42 Å². The Morgan fingerprint density at radius 2 is 2.60 bits per heavy atom. The van der Waals surface area contributed by atoms with Gasteiger partial charge in [0.2, 0.25) is 0 Å². The SMILES string of the molecule is COCCn1cc(C2OCCC2N)cn1. The third kappa shape index (κ3) is 2.37. The van der Waals surface area contributed by atoms with E-state index >= 15 is 0 Å². The van der Waals surface area contributed by atoms with Crippen LogP contribution in [-0.4, -0.2) is 36.1 Å². The maximum absolute atomic E-state index is 5.93. The number of rotatable bonds is 4. The standard InChI is InChI=1S/C10H17N3O2/c1-14-5-3-13-7-8(6-12-13)10-9(11)2-4-15-10/h6-7,9-10H,2-5,11H2,1H3. The number of methoxy groups -OCH3 is 1. The average molecular weight is 211 g/mol. The Hall–Kier alpha value is -0.910. The lowest BCUT2D eigenvalue weighted by molar-refractivity contribution is 0.105. The first-order valence-electron chi connectivity index (χ1n) is 5.19. The second-order valence-electron chi connectivity index (χ2n) is 3.77. The molecule has 5 nitrogen and oxygen atoms in total. The predicted octanol–water partition coefficient (Wildman–Crippen LogP) is 0.318. The van der Waals surface area contributed by atoms with Crippen LogP contribution in [0.4, 0.5) is 0 Å². The number of nitrogens with zero attached hydrogens (tertiary/aromatic N) is 2. The highest BCUT2D eigenvalue weighted by atomic mass is 16.5. The molecule has 1 aliphatic heterocycles. The first-order valence-corrected chi connectivity index (χ1v) is 5.19. The van der Waals surface area contributed by atoms with Crippen LogP contribution in [-0.2, 0) is 16.0 Å². The number of hydrogen-bond donors (Lipinski definition) is 1. The summed E-state index contributed by atoms with van der Waals surface area (Å²) in [5.41, 5.74) is 7.00. The number of aromatic nitrogens is 2. The van der Waals surface area contributed by atoms with Gasteiger partial charge < -0.3 is 15.2 Å². The molecule has 1 aromatic heterocycles. The molecule has 1 aromatic rings. The van der Waals surface area contributed by atoms with Crippen molar-refractivity contribution in [3.8, 4) is 0 Å². The van der Waals surface area contributed by atoms with Crippen molar-refractivity contribution in [3.63, 3.8) is 0 Å². The summed E-state index contributed by atoms with van der Waals surface area (Å²) in [6.45, 7) is 2.17. The van der Waals surface area contributed by atoms with E-state index in [1.165, 1.54) is 0 Å². The quantitative estimate of drug-likeness (QED) is 0.779. The fourth-order valence-electron chi connectivity index (χ4n) is 1.78. The van der Waals surface area contributed by atoms with E-state index in [-0.39, 0.29) is 12.1 Å². The van der Waals surface area contributed by atoms with Gasteiger partial charge >= 0.3 is 0 Å². The number of nitrogens with two attached hydrogens (primary N) is 1. The third-order valence-corrected chi connectivity index (χ3v) is 2.64. The lowest BCUT2D eigenvalue weighted by Gasteiger charge is -2.11. The van der Waals surface area contributed by atoms with Crippen LogP contribution >= 0.6 is 0 Å². The molecule has 2 atom stereocenters. The Balaban J connectivity index is 1.99. The van der Waals surface area contributed by atoms with E-state index in [1.807, 2.05) is 17.1 Å². The maximum Gasteiger partial charge on any atom is 0.101 e. The summed E-state index contributed by atoms with van der Waals surface area (Å²) in [5, 5.41) is 4.23. The van der Waals surface area contributed by atoms with Gasteiger partial charge in [-0.3, -0.25) is 4.68 Å². The molecule has 1 saturated heterocycles. The topological polar surface area (TPSA) is 62.3 Å². The fraction of sp³-hybridized carbons (Fsp3) is 0.700. The van der Waals surface area contributed by atoms with Gasteiger partial charge in [0, 0.05) is 31.5 Å². The predicted molar refractivity (Wildman–Crippen MR) is 55.4 cm³/mol. The smallest absolute Gasteiger partial charge is 0.101 e. The molecule has 2 N–H and O–H groups in total. The monoisotopic (exact) mass is 211 g/mol. The maximum atomic E-state index is 5.93. The highest BCUT2D eigenvalue weighted by Crippen LogP contribution is 2.26. The Labute approximate surface area is 89.2 Å². The molecule has 0 amide bonds. The van der Waals surface area contributed by atoms with Crippen molar-refractivity contribution in [2.24, 2.45) is 5.73 Å². The first-order chi connectivity index (χ1) is 7.31. The van der Waals surface area contributed by atoms with Crippen LogP contribution in [0.2, 0.25) is 0 Å². The van der Waals surface area contributed by atoms with Gasteiger partial charge in [-0.1, -0.05) is 0 Å². The van der Waals surface area contributed by atoms with Crippen molar-refractivity contribution >= 4 is 0 Å². The summed E-state index contributed by atoms with van der Waals surface area (Å²) in [6.07, 6.45) is 4.75. The molecule has 84 valence electrons. The molecule has 15 heavy (non-hydrogen) atoms. The van der Waals surface area contributed by atoms with Crippen LogP contribution < -0.4 is 5.73 Å². The molecular formula is C10H17N3O2. The molecule has 0 spiro atoms. The minimum absolute atomic E-state index is 0.0151. The first kappa shape index (κ1) is 10.6. The van der Waals surface area contributed by atoms with Crippen LogP contribution in [0.5, 0.6) is 0 Å². The molecular weight excluding hydrogens is 194 g/mol. The van der Waals surface area contributed by atoms with Crippen molar-refractivity contribution in [2.75, 3.05) is 20.3 Å². The Morgan fingerprint density at radius 1 is 1.73 bits per heavy atom. The van der Waals surface area contributed by atoms with E-state index in [0.29, 0.717) is 6.61 Å². The molecule has 2 rings (SSSR count). The minimum Gasteiger partial charge on any atom is -0.383 e. The van der Waals surface area contributed by atoms with E-state index in [0.717, 1.165) is 25.1 Å². The zero-order chi connectivity index (χ0) is 10.7. The lowest BCUT2D eigenvalue weighted by Crippen LogP contribution is -2.23. The second-order valence-corrected chi connectivity index (χ2v) is 3.77. The van der Waals surface area contributed by atoms with Crippen molar-refractivity contribution in [3.05, 3.63) is 18.0 Å².